The molecule has 1 fully saturated rings. The van der Waals surface area contributed by atoms with Crippen LogP contribution in [0.3, 0.4) is 0 Å². The SMILES string of the molecule is CCC(NC(=O)CCC1CCC(C)O1)(C(=O)O)c1ccc(Cl)cc1. The van der Waals surface area contributed by atoms with Gasteiger partial charge in [-0.3, -0.25) is 4.79 Å². The molecule has 2 N–H and O–H groups in total. The zero-order chi connectivity index (χ0) is 17.7. The van der Waals surface area contributed by atoms with E-state index in [1.807, 2.05) is 6.92 Å². The van der Waals surface area contributed by atoms with E-state index in [1.54, 1.807) is 31.2 Å². The number of hydrogen-bond donors (Lipinski definition) is 2. The second kappa shape index (κ2) is 7.99. The van der Waals surface area contributed by atoms with Crippen LogP contribution >= 0.6 is 11.6 Å². The summed E-state index contributed by atoms with van der Waals surface area (Å²) in [4.78, 5) is 24.2. The highest BCUT2D eigenvalue weighted by molar-refractivity contribution is 6.30. The number of carboxylic acids is 1. The lowest BCUT2D eigenvalue weighted by Gasteiger charge is -2.30. The standard InChI is InChI=1S/C18H24ClNO4/c1-3-18(17(22)23,13-5-7-14(19)8-6-13)20-16(21)11-10-15-9-4-12(2)24-15/h5-8,12,15H,3-4,9-11H2,1-2H3,(H,20,21)(H,22,23). The van der Waals surface area contributed by atoms with Crippen LogP contribution in [0.25, 0.3) is 0 Å². The third-order valence-electron chi connectivity index (χ3n) is 4.60. The average Bonchev–Trinajstić information content (AvgIpc) is 2.97. The molecule has 1 aromatic carbocycles. The van der Waals surface area contributed by atoms with Gasteiger partial charge in [-0.2, -0.15) is 0 Å². The van der Waals surface area contributed by atoms with Crippen LogP contribution in [0, 0.1) is 0 Å². The first-order valence-corrected chi connectivity index (χ1v) is 8.71. The first kappa shape index (κ1) is 18.7. The molecule has 1 heterocycles. The molecular weight excluding hydrogens is 330 g/mol. The Morgan fingerprint density at radius 3 is 2.50 bits per heavy atom. The largest absolute Gasteiger partial charge is 0.479 e. The summed E-state index contributed by atoms with van der Waals surface area (Å²) in [6.45, 7) is 3.76. The number of carbonyl (C=O) groups excluding carboxylic acids is 1. The van der Waals surface area contributed by atoms with Crippen molar-refractivity contribution in [1.82, 2.24) is 5.32 Å². The van der Waals surface area contributed by atoms with Gasteiger partial charge in [0.15, 0.2) is 5.54 Å². The number of hydrogen-bond acceptors (Lipinski definition) is 3. The number of aliphatic carboxylic acids is 1. The topological polar surface area (TPSA) is 75.6 Å². The van der Waals surface area contributed by atoms with E-state index >= 15 is 0 Å². The minimum absolute atomic E-state index is 0.0853. The van der Waals surface area contributed by atoms with Gasteiger partial charge in [0.25, 0.3) is 0 Å². The molecule has 132 valence electrons. The van der Waals surface area contributed by atoms with Crippen LogP contribution in [0.1, 0.15) is 51.5 Å². The van der Waals surface area contributed by atoms with E-state index in [1.165, 1.54) is 0 Å². The van der Waals surface area contributed by atoms with Crippen molar-refractivity contribution >= 4 is 23.5 Å². The van der Waals surface area contributed by atoms with Crippen LogP contribution in [0.5, 0.6) is 0 Å². The molecule has 0 aromatic heterocycles. The number of benzene rings is 1. The van der Waals surface area contributed by atoms with Crippen LogP contribution in [0.15, 0.2) is 24.3 Å². The Morgan fingerprint density at radius 1 is 1.33 bits per heavy atom. The Hall–Kier alpha value is -1.59. The molecule has 1 aromatic rings. The van der Waals surface area contributed by atoms with Crippen molar-refractivity contribution in [3.8, 4) is 0 Å². The minimum atomic E-state index is -1.44. The summed E-state index contributed by atoms with van der Waals surface area (Å²) in [6.07, 6.45) is 3.38. The van der Waals surface area contributed by atoms with Gasteiger partial charge in [-0.25, -0.2) is 4.79 Å². The lowest BCUT2D eigenvalue weighted by Crippen LogP contribution is -2.51. The van der Waals surface area contributed by atoms with Crippen LogP contribution in [-0.2, 0) is 19.9 Å². The summed E-state index contributed by atoms with van der Waals surface area (Å²) in [6, 6.07) is 6.54. The molecule has 0 bridgehead atoms. The Bertz CT molecular complexity index is 589. The average molecular weight is 354 g/mol. The molecular formula is C18H24ClNO4. The van der Waals surface area contributed by atoms with Crippen LogP contribution in [-0.4, -0.2) is 29.2 Å². The highest BCUT2D eigenvalue weighted by Crippen LogP contribution is 2.28. The number of ether oxygens (including phenoxy) is 1. The molecule has 1 aliphatic rings. The van der Waals surface area contributed by atoms with Gasteiger partial charge < -0.3 is 15.2 Å². The van der Waals surface area contributed by atoms with Crippen molar-refractivity contribution in [2.75, 3.05) is 0 Å². The fourth-order valence-electron chi connectivity index (χ4n) is 3.12. The van der Waals surface area contributed by atoms with E-state index in [0.29, 0.717) is 17.0 Å². The highest BCUT2D eigenvalue weighted by atomic mass is 35.5. The molecule has 1 amide bonds. The maximum absolute atomic E-state index is 12.3. The summed E-state index contributed by atoms with van der Waals surface area (Å²) in [5.41, 5.74) is -0.924. The molecule has 24 heavy (non-hydrogen) atoms. The molecule has 6 heteroatoms. The van der Waals surface area contributed by atoms with Crippen molar-refractivity contribution in [2.45, 2.75) is 63.7 Å². The second-order valence-electron chi connectivity index (χ2n) is 6.30. The first-order valence-electron chi connectivity index (χ1n) is 8.33. The molecule has 5 nitrogen and oxygen atoms in total. The van der Waals surface area contributed by atoms with E-state index in [0.717, 1.165) is 12.8 Å². The van der Waals surface area contributed by atoms with Crippen molar-refractivity contribution < 1.29 is 19.4 Å². The maximum atomic E-state index is 12.3. The molecule has 2 rings (SSSR count). The van der Waals surface area contributed by atoms with Crippen LogP contribution in [0.4, 0.5) is 0 Å². The molecule has 3 atom stereocenters. The molecule has 0 aliphatic carbocycles. The van der Waals surface area contributed by atoms with Crippen molar-refractivity contribution in [2.24, 2.45) is 0 Å². The van der Waals surface area contributed by atoms with E-state index < -0.39 is 11.5 Å². The number of halogens is 1. The predicted octanol–water partition coefficient (Wildman–Crippen LogP) is 3.49. The predicted molar refractivity (Wildman–Crippen MR) is 92.0 cm³/mol. The quantitative estimate of drug-likeness (QED) is 0.786. The van der Waals surface area contributed by atoms with Gasteiger partial charge in [-0.1, -0.05) is 30.7 Å². The maximum Gasteiger partial charge on any atom is 0.334 e. The fraction of sp³-hybridized carbons (Fsp3) is 0.556. The van der Waals surface area contributed by atoms with E-state index in [-0.39, 0.29) is 31.0 Å². The molecule has 0 radical (unpaired) electrons. The smallest absolute Gasteiger partial charge is 0.334 e. The van der Waals surface area contributed by atoms with E-state index in [2.05, 4.69) is 5.32 Å². The minimum Gasteiger partial charge on any atom is -0.479 e. The summed E-state index contributed by atoms with van der Waals surface area (Å²) < 4.78 is 5.70. The van der Waals surface area contributed by atoms with Crippen LogP contribution in [0.2, 0.25) is 5.02 Å². The zero-order valence-corrected chi connectivity index (χ0v) is 14.8. The summed E-state index contributed by atoms with van der Waals surface area (Å²) in [7, 11) is 0. The van der Waals surface area contributed by atoms with Gasteiger partial charge in [0.05, 0.1) is 12.2 Å². The molecule has 3 unspecified atom stereocenters. The molecule has 1 saturated heterocycles. The van der Waals surface area contributed by atoms with Gasteiger partial charge in [0.1, 0.15) is 0 Å². The van der Waals surface area contributed by atoms with E-state index in [9.17, 15) is 14.7 Å². The fourth-order valence-corrected chi connectivity index (χ4v) is 3.24. The molecule has 0 spiro atoms. The lowest BCUT2D eigenvalue weighted by atomic mass is 9.87. The summed E-state index contributed by atoms with van der Waals surface area (Å²) in [5, 5.41) is 13.0. The van der Waals surface area contributed by atoms with Crippen molar-refractivity contribution in [3.63, 3.8) is 0 Å². The third-order valence-corrected chi connectivity index (χ3v) is 4.85. The number of rotatable bonds is 7. The normalized spacial score (nSPS) is 22.8. The monoisotopic (exact) mass is 353 g/mol. The Labute approximate surface area is 147 Å². The lowest BCUT2D eigenvalue weighted by molar-refractivity contribution is -0.148. The van der Waals surface area contributed by atoms with E-state index in [4.69, 9.17) is 16.3 Å². The molecule has 1 aliphatic heterocycles. The Balaban J connectivity index is 2.06. The second-order valence-corrected chi connectivity index (χ2v) is 6.74. The van der Waals surface area contributed by atoms with Gasteiger partial charge in [-0.15, -0.1) is 0 Å². The van der Waals surface area contributed by atoms with Crippen molar-refractivity contribution in [3.05, 3.63) is 34.9 Å². The Morgan fingerprint density at radius 2 is 2.00 bits per heavy atom. The van der Waals surface area contributed by atoms with Gasteiger partial charge in [-0.05, 0) is 50.3 Å². The number of carboxylic acid groups (broad SMARTS) is 1. The number of nitrogens with one attached hydrogen (secondary N) is 1. The first-order chi connectivity index (χ1) is 11.4. The van der Waals surface area contributed by atoms with Gasteiger partial charge >= 0.3 is 5.97 Å². The summed E-state index contributed by atoms with van der Waals surface area (Å²) in [5.74, 6) is -1.36. The number of amides is 1. The Kier molecular flexibility index (Phi) is 6.24. The third kappa shape index (κ3) is 4.28. The van der Waals surface area contributed by atoms with Gasteiger partial charge in [0, 0.05) is 11.4 Å². The van der Waals surface area contributed by atoms with Crippen molar-refractivity contribution in [1.29, 1.82) is 0 Å². The highest BCUT2D eigenvalue weighted by Gasteiger charge is 2.40. The van der Waals surface area contributed by atoms with Crippen LogP contribution < -0.4 is 5.32 Å². The number of carbonyl (C=O) groups is 2. The van der Waals surface area contributed by atoms with Gasteiger partial charge in [0.2, 0.25) is 5.91 Å². The molecule has 0 saturated carbocycles. The summed E-state index contributed by atoms with van der Waals surface area (Å²) >= 11 is 5.88. The zero-order valence-electron chi connectivity index (χ0n) is 14.0.